The van der Waals surface area contributed by atoms with Gasteiger partial charge in [0.05, 0.1) is 22.8 Å². The molecule has 124 valence electrons. The zero-order valence-electron chi connectivity index (χ0n) is 13.5. The molecule has 0 unspecified atom stereocenters. The van der Waals surface area contributed by atoms with Gasteiger partial charge in [0.25, 0.3) is 0 Å². The molecule has 0 saturated carbocycles. The van der Waals surface area contributed by atoms with E-state index in [0.29, 0.717) is 6.54 Å². The van der Waals surface area contributed by atoms with E-state index in [0.717, 1.165) is 20.7 Å². The second-order valence-electron chi connectivity index (χ2n) is 5.67. The molecule has 0 bridgehead atoms. The van der Waals surface area contributed by atoms with Crippen molar-refractivity contribution < 1.29 is 4.79 Å². The fourth-order valence-corrected chi connectivity index (χ4v) is 3.70. The van der Waals surface area contributed by atoms with Crippen molar-refractivity contribution in [3.8, 4) is 0 Å². The molecule has 3 aromatic rings. The van der Waals surface area contributed by atoms with Gasteiger partial charge in [0, 0.05) is 10.2 Å². The zero-order valence-corrected chi connectivity index (χ0v) is 15.9. The summed E-state index contributed by atoms with van der Waals surface area (Å²) in [4.78, 5) is 18.9. The van der Waals surface area contributed by atoms with Crippen molar-refractivity contribution in [1.82, 2.24) is 9.88 Å². The lowest BCUT2D eigenvalue weighted by molar-refractivity contribution is -0.117. The summed E-state index contributed by atoms with van der Waals surface area (Å²) in [6.45, 7) is 2.39. The highest BCUT2D eigenvalue weighted by Crippen LogP contribution is 2.28. The Hall–Kier alpha value is -1.76. The topological polar surface area (TPSA) is 45.2 Å². The quantitative estimate of drug-likeness (QED) is 0.671. The fraction of sp³-hybridized carbons (Fsp3) is 0.222. The average Bonchev–Trinajstić information content (AvgIpc) is 3.00. The number of thiazole rings is 1. The second kappa shape index (κ2) is 7.42. The number of fused-ring (bicyclic) bond motifs is 1. The van der Waals surface area contributed by atoms with Gasteiger partial charge in [0.2, 0.25) is 5.91 Å². The standard InChI is InChI=1S/C18H18BrN3OS/c1-12(18-21-15-5-3-4-6-16(15)24-18)22(2)11-17(23)20-14-9-7-13(19)8-10-14/h3-10,12H,11H2,1-2H3,(H,20,23)/t12-/m0/s1. The van der Waals surface area contributed by atoms with Crippen LogP contribution in [-0.4, -0.2) is 29.4 Å². The molecular weight excluding hydrogens is 386 g/mol. The minimum atomic E-state index is -0.0345. The van der Waals surface area contributed by atoms with Gasteiger partial charge < -0.3 is 5.32 Å². The predicted octanol–water partition coefficient (Wildman–Crippen LogP) is 4.69. The van der Waals surface area contributed by atoms with Gasteiger partial charge in [-0.2, -0.15) is 0 Å². The molecule has 0 aliphatic carbocycles. The molecule has 1 N–H and O–H groups in total. The Morgan fingerprint density at radius 3 is 2.67 bits per heavy atom. The lowest BCUT2D eigenvalue weighted by Crippen LogP contribution is -2.32. The first-order valence-electron chi connectivity index (χ1n) is 7.64. The third kappa shape index (κ3) is 4.01. The first-order chi connectivity index (χ1) is 11.5. The molecular formula is C18H18BrN3OS. The number of hydrogen-bond donors (Lipinski definition) is 1. The van der Waals surface area contributed by atoms with E-state index in [1.807, 2.05) is 54.4 Å². The summed E-state index contributed by atoms with van der Waals surface area (Å²) < 4.78 is 2.16. The number of nitrogens with zero attached hydrogens (tertiary/aromatic N) is 2. The van der Waals surface area contributed by atoms with Crippen molar-refractivity contribution in [2.24, 2.45) is 0 Å². The van der Waals surface area contributed by atoms with Gasteiger partial charge >= 0.3 is 0 Å². The third-order valence-corrected chi connectivity index (χ3v) is 5.59. The summed E-state index contributed by atoms with van der Waals surface area (Å²) in [7, 11) is 1.94. The molecule has 0 fully saturated rings. The van der Waals surface area contributed by atoms with Crippen LogP contribution in [0.25, 0.3) is 10.2 Å². The number of anilines is 1. The average molecular weight is 404 g/mol. The van der Waals surface area contributed by atoms with Gasteiger partial charge in [0.1, 0.15) is 5.01 Å². The van der Waals surface area contributed by atoms with E-state index in [1.165, 1.54) is 4.70 Å². The number of amides is 1. The van der Waals surface area contributed by atoms with Crippen LogP contribution in [0.5, 0.6) is 0 Å². The van der Waals surface area contributed by atoms with Crippen molar-refractivity contribution >= 4 is 49.1 Å². The fourth-order valence-electron chi connectivity index (χ4n) is 2.35. The number of nitrogens with one attached hydrogen (secondary N) is 1. The maximum atomic E-state index is 12.2. The number of rotatable bonds is 5. The highest BCUT2D eigenvalue weighted by molar-refractivity contribution is 9.10. The van der Waals surface area contributed by atoms with E-state index >= 15 is 0 Å². The molecule has 3 rings (SSSR count). The van der Waals surface area contributed by atoms with Crippen molar-refractivity contribution in [2.75, 3.05) is 18.9 Å². The number of likely N-dealkylation sites (N-methyl/N-ethyl adjacent to an activating group) is 1. The number of aromatic nitrogens is 1. The number of halogens is 1. The summed E-state index contributed by atoms with van der Waals surface area (Å²) in [6, 6.07) is 15.7. The highest BCUT2D eigenvalue weighted by atomic mass is 79.9. The minimum absolute atomic E-state index is 0.0345. The molecule has 0 aliphatic heterocycles. The van der Waals surface area contributed by atoms with Gasteiger partial charge in [0.15, 0.2) is 0 Å². The van der Waals surface area contributed by atoms with Crippen LogP contribution >= 0.6 is 27.3 Å². The van der Waals surface area contributed by atoms with Gasteiger partial charge in [-0.15, -0.1) is 11.3 Å². The monoisotopic (exact) mass is 403 g/mol. The van der Waals surface area contributed by atoms with E-state index < -0.39 is 0 Å². The van der Waals surface area contributed by atoms with Crippen LogP contribution in [0.2, 0.25) is 0 Å². The Bertz CT molecular complexity index is 814. The van der Waals surface area contributed by atoms with E-state index in [1.54, 1.807) is 11.3 Å². The molecule has 1 amide bonds. The maximum Gasteiger partial charge on any atom is 0.238 e. The largest absolute Gasteiger partial charge is 0.325 e. The number of carbonyl (C=O) groups excluding carboxylic acids is 1. The van der Waals surface area contributed by atoms with Crippen LogP contribution in [0.3, 0.4) is 0 Å². The van der Waals surface area contributed by atoms with Crippen molar-refractivity contribution in [3.05, 3.63) is 58.0 Å². The molecule has 0 spiro atoms. The number of benzene rings is 2. The van der Waals surface area contributed by atoms with Crippen molar-refractivity contribution in [3.63, 3.8) is 0 Å². The molecule has 1 atom stereocenters. The molecule has 1 aromatic heterocycles. The van der Waals surface area contributed by atoms with Gasteiger partial charge in [-0.25, -0.2) is 4.98 Å². The summed E-state index contributed by atoms with van der Waals surface area (Å²) in [5, 5.41) is 3.94. The SMILES string of the molecule is C[C@@H](c1nc2ccccc2s1)N(C)CC(=O)Nc1ccc(Br)cc1. The first-order valence-corrected chi connectivity index (χ1v) is 9.25. The third-order valence-electron chi connectivity index (χ3n) is 3.85. The summed E-state index contributed by atoms with van der Waals surface area (Å²) in [5.74, 6) is -0.0345. The molecule has 0 radical (unpaired) electrons. The molecule has 4 nitrogen and oxygen atoms in total. The van der Waals surface area contributed by atoms with E-state index in [4.69, 9.17) is 0 Å². The van der Waals surface area contributed by atoms with Gasteiger partial charge in [-0.3, -0.25) is 9.69 Å². The van der Waals surface area contributed by atoms with E-state index in [9.17, 15) is 4.79 Å². The lowest BCUT2D eigenvalue weighted by Gasteiger charge is -2.22. The van der Waals surface area contributed by atoms with E-state index in [-0.39, 0.29) is 11.9 Å². The van der Waals surface area contributed by atoms with Crippen molar-refractivity contribution in [1.29, 1.82) is 0 Å². The molecule has 1 heterocycles. The molecule has 0 saturated heterocycles. The molecule has 6 heteroatoms. The highest BCUT2D eigenvalue weighted by Gasteiger charge is 2.18. The molecule has 2 aromatic carbocycles. The van der Waals surface area contributed by atoms with Crippen LogP contribution < -0.4 is 5.32 Å². The smallest absolute Gasteiger partial charge is 0.238 e. The second-order valence-corrected chi connectivity index (χ2v) is 7.64. The Labute approximate surface area is 153 Å². The Kier molecular flexibility index (Phi) is 5.28. The zero-order chi connectivity index (χ0) is 17.1. The number of hydrogen-bond acceptors (Lipinski definition) is 4. The summed E-state index contributed by atoms with van der Waals surface area (Å²) in [5.41, 5.74) is 1.81. The number of para-hydroxylation sites is 1. The van der Waals surface area contributed by atoms with Gasteiger partial charge in [-0.05, 0) is 50.4 Å². The Morgan fingerprint density at radius 2 is 1.96 bits per heavy atom. The molecule has 24 heavy (non-hydrogen) atoms. The molecule has 0 aliphatic rings. The van der Waals surface area contributed by atoms with Crippen LogP contribution in [0, 0.1) is 0 Å². The number of carbonyl (C=O) groups is 1. The van der Waals surface area contributed by atoms with Crippen LogP contribution in [-0.2, 0) is 4.79 Å². The van der Waals surface area contributed by atoms with Crippen LogP contribution in [0.15, 0.2) is 53.0 Å². The summed E-state index contributed by atoms with van der Waals surface area (Å²) >= 11 is 5.06. The maximum absolute atomic E-state index is 12.2. The van der Waals surface area contributed by atoms with Crippen LogP contribution in [0.1, 0.15) is 18.0 Å². The van der Waals surface area contributed by atoms with Gasteiger partial charge in [-0.1, -0.05) is 28.1 Å². The predicted molar refractivity (Wildman–Crippen MR) is 103 cm³/mol. The normalized spacial score (nSPS) is 12.5. The van der Waals surface area contributed by atoms with E-state index in [2.05, 4.69) is 39.2 Å². The minimum Gasteiger partial charge on any atom is -0.325 e. The first kappa shape index (κ1) is 17.1. The van der Waals surface area contributed by atoms with Crippen molar-refractivity contribution in [2.45, 2.75) is 13.0 Å². The van der Waals surface area contributed by atoms with Crippen LogP contribution in [0.4, 0.5) is 5.69 Å². The Morgan fingerprint density at radius 1 is 1.25 bits per heavy atom. The Balaban J connectivity index is 1.63. The summed E-state index contributed by atoms with van der Waals surface area (Å²) in [6.07, 6.45) is 0. The lowest BCUT2D eigenvalue weighted by atomic mass is 10.3.